The summed E-state index contributed by atoms with van der Waals surface area (Å²) in [7, 11) is 0. The number of Topliss-reactive ketones (excluding diaryl/α,β-unsaturated/α-hetero) is 1. The molecule has 1 heteroatoms. The molecule has 3 fully saturated rings. The third-order valence-electron chi connectivity index (χ3n) is 6.50. The van der Waals surface area contributed by atoms with Crippen LogP contribution in [0.5, 0.6) is 0 Å². The lowest BCUT2D eigenvalue weighted by Gasteiger charge is -2.49. The Balaban J connectivity index is 1.53. The molecule has 6 atom stereocenters. The van der Waals surface area contributed by atoms with E-state index in [-0.39, 0.29) is 0 Å². The van der Waals surface area contributed by atoms with E-state index in [4.69, 9.17) is 0 Å². The third kappa shape index (κ3) is 1.70. The summed E-state index contributed by atoms with van der Waals surface area (Å²) in [6.45, 7) is 0. The maximum absolute atomic E-state index is 11.7. The predicted octanol–water partition coefficient (Wildman–Crippen LogP) is 3.98. The summed E-state index contributed by atoms with van der Waals surface area (Å²) in [6.07, 6.45) is 15.0. The molecule has 0 amide bonds. The van der Waals surface area contributed by atoms with E-state index < -0.39 is 0 Å². The molecule has 0 aromatic rings. The van der Waals surface area contributed by atoms with Crippen LogP contribution in [0.4, 0.5) is 0 Å². The average Bonchev–Trinajstić information content (AvgIpc) is 2.85. The lowest BCUT2D eigenvalue weighted by Crippen LogP contribution is -2.42. The first-order valence-electron chi connectivity index (χ1n) is 7.99. The van der Waals surface area contributed by atoms with Crippen LogP contribution in [0.25, 0.3) is 0 Å². The number of allylic oxidation sites excluding steroid dienone is 2. The van der Waals surface area contributed by atoms with Crippen LogP contribution >= 0.6 is 0 Å². The van der Waals surface area contributed by atoms with Gasteiger partial charge < -0.3 is 0 Å². The second-order valence-electron chi connectivity index (χ2n) is 7.27. The van der Waals surface area contributed by atoms with E-state index in [2.05, 4.69) is 12.2 Å². The molecule has 0 aliphatic heterocycles. The normalized spacial score (nSPS) is 50.6. The van der Waals surface area contributed by atoms with Gasteiger partial charge in [-0.3, -0.25) is 4.79 Å². The van der Waals surface area contributed by atoms with Gasteiger partial charge in [-0.2, -0.15) is 0 Å². The van der Waals surface area contributed by atoms with E-state index in [1.165, 1.54) is 38.5 Å². The Labute approximate surface area is 110 Å². The second-order valence-corrected chi connectivity index (χ2v) is 7.27. The summed E-state index contributed by atoms with van der Waals surface area (Å²) < 4.78 is 0. The van der Waals surface area contributed by atoms with E-state index in [9.17, 15) is 4.79 Å². The fourth-order valence-corrected chi connectivity index (χ4v) is 5.63. The lowest BCUT2D eigenvalue weighted by molar-refractivity contribution is -0.124. The first-order chi connectivity index (χ1) is 8.81. The Kier molecular flexibility index (Phi) is 2.63. The molecule has 0 spiro atoms. The highest BCUT2D eigenvalue weighted by atomic mass is 16.1. The van der Waals surface area contributed by atoms with Crippen LogP contribution in [0.15, 0.2) is 12.2 Å². The zero-order valence-corrected chi connectivity index (χ0v) is 11.2. The number of hydrogen-bond acceptors (Lipinski definition) is 1. The zero-order valence-electron chi connectivity index (χ0n) is 11.2. The maximum Gasteiger partial charge on any atom is 0.133 e. The summed E-state index contributed by atoms with van der Waals surface area (Å²) in [4.78, 5) is 11.7. The summed E-state index contributed by atoms with van der Waals surface area (Å²) in [5, 5.41) is 0. The van der Waals surface area contributed by atoms with E-state index >= 15 is 0 Å². The van der Waals surface area contributed by atoms with Gasteiger partial charge >= 0.3 is 0 Å². The molecule has 1 nitrogen and oxygen atoms in total. The quantitative estimate of drug-likeness (QED) is 0.589. The molecule has 0 heterocycles. The van der Waals surface area contributed by atoms with Gasteiger partial charge in [0.15, 0.2) is 0 Å². The van der Waals surface area contributed by atoms with Crippen molar-refractivity contribution in [2.75, 3.05) is 0 Å². The molecule has 0 aromatic carbocycles. The molecular formula is C17H24O. The summed E-state index contributed by atoms with van der Waals surface area (Å²) in [5.41, 5.74) is 0. The molecule has 0 radical (unpaired) electrons. The highest BCUT2D eigenvalue weighted by molar-refractivity contribution is 5.79. The highest BCUT2D eigenvalue weighted by Gasteiger charge is 2.46. The minimum Gasteiger partial charge on any atom is -0.300 e. The van der Waals surface area contributed by atoms with Crippen molar-refractivity contribution >= 4 is 5.78 Å². The van der Waals surface area contributed by atoms with Gasteiger partial charge in [0.2, 0.25) is 0 Å². The zero-order chi connectivity index (χ0) is 12.1. The van der Waals surface area contributed by atoms with Gasteiger partial charge in [-0.15, -0.1) is 0 Å². The van der Waals surface area contributed by atoms with Crippen LogP contribution in [0.1, 0.15) is 51.4 Å². The smallest absolute Gasteiger partial charge is 0.133 e. The molecule has 4 rings (SSSR count). The summed E-state index contributed by atoms with van der Waals surface area (Å²) in [6, 6.07) is 0. The lowest BCUT2D eigenvalue weighted by atomic mass is 9.55. The van der Waals surface area contributed by atoms with Gasteiger partial charge in [0.1, 0.15) is 5.78 Å². The van der Waals surface area contributed by atoms with Crippen LogP contribution in [0, 0.1) is 35.5 Å². The van der Waals surface area contributed by atoms with Crippen molar-refractivity contribution < 1.29 is 4.79 Å². The molecule has 0 aromatic heterocycles. The maximum atomic E-state index is 11.7. The second kappa shape index (κ2) is 4.21. The Morgan fingerprint density at radius 2 is 1.89 bits per heavy atom. The number of hydrogen-bond donors (Lipinski definition) is 0. The summed E-state index contributed by atoms with van der Waals surface area (Å²) >= 11 is 0. The van der Waals surface area contributed by atoms with Gasteiger partial charge in [-0.05, 0) is 74.0 Å². The van der Waals surface area contributed by atoms with Crippen LogP contribution in [-0.2, 0) is 4.79 Å². The van der Waals surface area contributed by atoms with Crippen molar-refractivity contribution in [2.24, 2.45) is 35.5 Å². The van der Waals surface area contributed by atoms with Crippen molar-refractivity contribution in [2.45, 2.75) is 51.4 Å². The first-order valence-corrected chi connectivity index (χ1v) is 7.99. The van der Waals surface area contributed by atoms with Crippen LogP contribution < -0.4 is 0 Å². The Morgan fingerprint density at radius 3 is 2.83 bits per heavy atom. The predicted molar refractivity (Wildman–Crippen MR) is 72.0 cm³/mol. The van der Waals surface area contributed by atoms with Crippen molar-refractivity contribution in [1.29, 1.82) is 0 Å². The molecular weight excluding hydrogens is 220 g/mol. The van der Waals surface area contributed by atoms with E-state index in [1.807, 2.05) is 0 Å². The molecule has 4 aliphatic carbocycles. The molecule has 5 unspecified atom stereocenters. The monoisotopic (exact) mass is 244 g/mol. The molecule has 0 N–H and O–H groups in total. The van der Waals surface area contributed by atoms with E-state index in [0.717, 1.165) is 48.3 Å². The van der Waals surface area contributed by atoms with Crippen molar-refractivity contribution in [1.82, 2.24) is 0 Å². The van der Waals surface area contributed by atoms with Gasteiger partial charge in [0, 0.05) is 12.8 Å². The minimum absolute atomic E-state index is 0.547. The van der Waals surface area contributed by atoms with Gasteiger partial charge in [0.25, 0.3) is 0 Å². The molecule has 4 aliphatic rings. The topological polar surface area (TPSA) is 17.1 Å². The fraction of sp³-hybridized carbons (Fsp3) is 0.824. The number of carbonyl (C=O) groups is 1. The molecule has 18 heavy (non-hydrogen) atoms. The highest BCUT2D eigenvalue weighted by Crippen LogP contribution is 2.55. The molecule has 98 valence electrons. The Morgan fingerprint density at radius 1 is 0.944 bits per heavy atom. The van der Waals surface area contributed by atoms with Crippen LogP contribution in [0.2, 0.25) is 0 Å². The number of ketones is 1. The van der Waals surface area contributed by atoms with E-state index in [1.54, 1.807) is 0 Å². The standard InChI is InChI=1S/C17H24O/c18-15-7-6-12-10-17-13(8-14(12)9-15)5-4-11-2-1-3-16(11)17/h1-2,11-14,16-17H,3-10H2/t11?,12?,13?,14?,16-,17?/m0/s1. The largest absolute Gasteiger partial charge is 0.300 e. The van der Waals surface area contributed by atoms with E-state index in [0.29, 0.717) is 5.78 Å². The third-order valence-corrected chi connectivity index (χ3v) is 6.50. The molecule has 3 saturated carbocycles. The van der Waals surface area contributed by atoms with Gasteiger partial charge in [-0.25, -0.2) is 0 Å². The molecule has 0 saturated heterocycles. The molecule has 0 bridgehead atoms. The van der Waals surface area contributed by atoms with Crippen LogP contribution in [-0.4, -0.2) is 5.78 Å². The van der Waals surface area contributed by atoms with Crippen molar-refractivity contribution in [3.8, 4) is 0 Å². The number of carbonyl (C=O) groups excluding carboxylic acids is 1. The Hall–Kier alpha value is -0.590. The van der Waals surface area contributed by atoms with Gasteiger partial charge in [-0.1, -0.05) is 12.2 Å². The van der Waals surface area contributed by atoms with Gasteiger partial charge in [0.05, 0.1) is 0 Å². The fourth-order valence-electron chi connectivity index (χ4n) is 5.63. The summed E-state index contributed by atoms with van der Waals surface area (Å²) in [5.74, 6) is 6.04. The number of fused-ring (bicyclic) bond motifs is 4. The first kappa shape index (κ1) is 11.3. The Bertz CT molecular complexity index is 383. The van der Waals surface area contributed by atoms with Crippen molar-refractivity contribution in [3.63, 3.8) is 0 Å². The average molecular weight is 244 g/mol. The number of rotatable bonds is 0. The SMILES string of the molecule is O=C1CCC2CC3C(CCC4C=CC[C@@H]43)CC2C1. The van der Waals surface area contributed by atoms with Crippen molar-refractivity contribution in [3.05, 3.63) is 12.2 Å². The van der Waals surface area contributed by atoms with Crippen LogP contribution in [0.3, 0.4) is 0 Å². The minimum atomic E-state index is 0.547.